The van der Waals surface area contributed by atoms with Crippen molar-refractivity contribution in [3.05, 3.63) is 82.9 Å². The minimum atomic E-state index is -0.291. The van der Waals surface area contributed by atoms with E-state index in [0.717, 1.165) is 23.1 Å². The standard InChI is InChI=1S/C24H21NO3S/c1-3-28-24(26)19-8-4-6-17(13-19)21-9-5-7-18-14-20(29-23(18)21)12-16-10-11-22(27-2)25-15-16/h4-11,13-15H,3,12H2,1-2H3. The Balaban J connectivity index is 1.67. The Morgan fingerprint density at radius 2 is 1.93 bits per heavy atom. The van der Waals surface area contributed by atoms with Crippen LogP contribution in [0.4, 0.5) is 0 Å². The molecule has 0 fully saturated rings. The Morgan fingerprint density at radius 1 is 1.07 bits per heavy atom. The van der Waals surface area contributed by atoms with Crippen LogP contribution in [0.15, 0.2) is 66.9 Å². The number of carbonyl (C=O) groups is 1. The summed E-state index contributed by atoms with van der Waals surface area (Å²) in [4.78, 5) is 17.7. The van der Waals surface area contributed by atoms with Gasteiger partial charge in [-0.2, -0.15) is 0 Å². The zero-order chi connectivity index (χ0) is 20.2. The van der Waals surface area contributed by atoms with Crippen LogP contribution in [0.1, 0.15) is 27.7 Å². The molecule has 4 nitrogen and oxygen atoms in total. The smallest absolute Gasteiger partial charge is 0.338 e. The van der Waals surface area contributed by atoms with Gasteiger partial charge < -0.3 is 9.47 Å². The Morgan fingerprint density at radius 3 is 2.69 bits per heavy atom. The van der Waals surface area contributed by atoms with Crippen LogP contribution in [0.5, 0.6) is 5.88 Å². The van der Waals surface area contributed by atoms with E-state index in [4.69, 9.17) is 9.47 Å². The van der Waals surface area contributed by atoms with Crippen LogP contribution >= 0.6 is 11.3 Å². The summed E-state index contributed by atoms with van der Waals surface area (Å²) in [6, 6.07) is 20.1. The van der Waals surface area contributed by atoms with E-state index in [1.807, 2.05) is 43.5 Å². The number of benzene rings is 2. The van der Waals surface area contributed by atoms with Crippen LogP contribution in [0.2, 0.25) is 0 Å². The molecule has 2 aromatic heterocycles. The van der Waals surface area contributed by atoms with Crippen molar-refractivity contribution in [2.24, 2.45) is 0 Å². The second-order valence-corrected chi connectivity index (χ2v) is 7.76. The Labute approximate surface area is 173 Å². The quantitative estimate of drug-likeness (QED) is 0.385. The molecule has 0 radical (unpaired) electrons. The lowest BCUT2D eigenvalue weighted by Gasteiger charge is -2.06. The molecular weight excluding hydrogens is 382 g/mol. The number of carbonyl (C=O) groups excluding carboxylic acids is 1. The summed E-state index contributed by atoms with van der Waals surface area (Å²) >= 11 is 1.77. The molecular formula is C24H21NO3S. The fraction of sp³-hybridized carbons (Fsp3) is 0.167. The normalized spacial score (nSPS) is 10.8. The summed E-state index contributed by atoms with van der Waals surface area (Å²) in [5.41, 5.74) is 3.85. The lowest BCUT2D eigenvalue weighted by atomic mass is 10.0. The number of thiophene rings is 1. The predicted molar refractivity (Wildman–Crippen MR) is 117 cm³/mol. The Bertz CT molecular complexity index is 1150. The number of pyridine rings is 1. The maximum Gasteiger partial charge on any atom is 0.338 e. The fourth-order valence-corrected chi connectivity index (χ4v) is 4.52. The lowest BCUT2D eigenvalue weighted by molar-refractivity contribution is 0.0526. The van der Waals surface area contributed by atoms with Gasteiger partial charge in [-0.3, -0.25) is 0 Å². The number of fused-ring (bicyclic) bond motifs is 1. The van der Waals surface area contributed by atoms with E-state index in [1.165, 1.54) is 15.0 Å². The first kappa shape index (κ1) is 19.2. The minimum absolute atomic E-state index is 0.291. The number of hydrogen-bond donors (Lipinski definition) is 0. The zero-order valence-electron chi connectivity index (χ0n) is 16.3. The topological polar surface area (TPSA) is 48.4 Å². The molecule has 0 aliphatic carbocycles. The number of ether oxygens (including phenoxy) is 2. The maximum atomic E-state index is 12.1. The molecule has 29 heavy (non-hydrogen) atoms. The highest BCUT2D eigenvalue weighted by Crippen LogP contribution is 2.36. The molecule has 0 spiro atoms. The summed E-state index contributed by atoms with van der Waals surface area (Å²) in [6.45, 7) is 2.18. The molecule has 0 bridgehead atoms. The zero-order valence-corrected chi connectivity index (χ0v) is 17.2. The van der Waals surface area contributed by atoms with Gasteiger partial charge in [0, 0.05) is 28.3 Å². The highest BCUT2D eigenvalue weighted by molar-refractivity contribution is 7.19. The maximum absolute atomic E-state index is 12.1. The van der Waals surface area contributed by atoms with Gasteiger partial charge in [0.15, 0.2) is 0 Å². The van der Waals surface area contributed by atoms with Gasteiger partial charge in [-0.1, -0.05) is 36.4 Å². The molecule has 146 valence electrons. The third kappa shape index (κ3) is 4.15. The molecule has 2 heterocycles. The number of aromatic nitrogens is 1. The van der Waals surface area contributed by atoms with E-state index in [1.54, 1.807) is 24.5 Å². The average Bonchev–Trinajstić information content (AvgIpc) is 3.17. The largest absolute Gasteiger partial charge is 0.481 e. The second kappa shape index (κ2) is 8.45. The van der Waals surface area contributed by atoms with Crippen LogP contribution < -0.4 is 4.74 Å². The van der Waals surface area contributed by atoms with E-state index in [9.17, 15) is 4.79 Å². The van der Waals surface area contributed by atoms with Crippen molar-refractivity contribution in [2.75, 3.05) is 13.7 Å². The first-order valence-corrected chi connectivity index (χ1v) is 10.3. The van der Waals surface area contributed by atoms with Crippen molar-refractivity contribution in [3.63, 3.8) is 0 Å². The Kier molecular flexibility index (Phi) is 5.58. The van der Waals surface area contributed by atoms with Gasteiger partial charge in [0.1, 0.15) is 0 Å². The van der Waals surface area contributed by atoms with Crippen LogP contribution in [0.3, 0.4) is 0 Å². The molecule has 2 aromatic carbocycles. The second-order valence-electron chi connectivity index (χ2n) is 6.62. The van der Waals surface area contributed by atoms with Crippen LogP contribution in [-0.4, -0.2) is 24.7 Å². The summed E-state index contributed by atoms with van der Waals surface area (Å²) in [5.74, 6) is 0.328. The molecule has 0 aliphatic rings. The lowest BCUT2D eigenvalue weighted by Crippen LogP contribution is -2.04. The van der Waals surface area contributed by atoms with Gasteiger partial charge in [-0.15, -0.1) is 11.3 Å². The van der Waals surface area contributed by atoms with Crippen LogP contribution in [0, 0.1) is 0 Å². The SMILES string of the molecule is CCOC(=O)c1cccc(-c2cccc3cc(Cc4ccc(OC)nc4)sc23)c1. The molecule has 0 saturated carbocycles. The van der Waals surface area contributed by atoms with E-state index >= 15 is 0 Å². The van der Waals surface area contributed by atoms with E-state index in [-0.39, 0.29) is 5.97 Å². The van der Waals surface area contributed by atoms with Crippen molar-refractivity contribution >= 4 is 27.4 Å². The van der Waals surface area contributed by atoms with E-state index in [0.29, 0.717) is 18.1 Å². The first-order valence-electron chi connectivity index (χ1n) is 9.46. The number of nitrogens with zero attached hydrogens (tertiary/aromatic N) is 1. The third-order valence-corrected chi connectivity index (χ3v) is 5.85. The van der Waals surface area contributed by atoms with E-state index in [2.05, 4.69) is 29.2 Å². The molecule has 0 aliphatic heterocycles. The molecule has 0 amide bonds. The number of methoxy groups -OCH3 is 1. The summed E-state index contributed by atoms with van der Waals surface area (Å²) in [5, 5.41) is 1.20. The Hall–Kier alpha value is -3.18. The van der Waals surface area contributed by atoms with Crippen LogP contribution in [-0.2, 0) is 11.2 Å². The summed E-state index contributed by atoms with van der Waals surface area (Å²) < 4.78 is 11.5. The van der Waals surface area contributed by atoms with Crippen molar-refractivity contribution < 1.29 is 14.3 Å². The van der Waals surface area contributed by atoms with Gasteiger partial charge in [-0.05, 0) is 47.2 Å². The van der Waals surface area contributed by atoms with Gasteiger partial charge in [0.05, 0.1) is 19.3 Å². The van der Waals surface area contributed by atoms with Gasteiger partial charge in [0.2, 0.25) is 5.88 Å². The highest BCUT2D eigenvalue weighted by Gasteiger charge is 2.12. The van der Waals surface area contributed by atoms with E-state index < -0.39 is 0 Å². The molecule has 0 N–H and O–H groups in total. The molecule has 0 atom stereocenters. The van der Waals surface area contributed by atoms with Crippen molar-refractivity contribution in [3.8, 4) is 17.0 Å². The average molecular weight is 404 g/mol. The minimum Gasteiger partial charge on any atom is -0.481 e. The van der Waals surface area contributed by atoms with Crippen LogP contribution in [0.25, 0.3) is 21.2 Å². The van der Waals surface area contributed by atoms with Gasteiger partial charge in [0.25, 0.3) is 0 Å². The molecule has 0 saturated heterocycles. The van der Waals surface area contributed by atoms with Crippen molar-refractivity contribution in [1.82, 2.24) is 4.98 Å². The summed E-state index contributed by atoms with van der Waals surface area (Å²) in [6.07, 6.45) is 2.67. The molecule has 4 rings (SSSR count). The fourth-order valence-electron chi connectivity index (χ4n) is 3.30. The number of hydrogen-bond acceptors (Lipinski definition) is 5. The monoisotopic (exact) mass is 403 g/mol. The molecule has 0 unspecified atom stereocenters. The number of rotatable bonds is 6. The molecule has 5 heteroatoms. The van der Waals surface area contributed by atoms with Gasteiger partial charge >= 0.3 is 5.97 Å². The summed E-state index contributed by atoms with van der Waals surface area (Å²) in [7, 11) is 1.62. The predicted octanol–water partition coefficient (Wildman–Crippen LogP) is 5.74. The number of esters is 1. The highest BCUT2D eigenvalue weighted by atomic mass is 32.1. The third-order valence-electron chi connectivity index (χ3n) is 4.66. The molecule has 4 aromatic rings. The van der Waals surface area contributed by atoms with Crippen molar-refractivity contribution in [1.29, 1.82) is 0 Å². The first-order chi connectivity index (χ1) is 14.2. The van der Waals surface area contributed by atoms with Crippen molar-refractivity contribution in [2.45, 2.75) is 13.3 Å². The van der Waals surface area contributed by atoms with Gasteiger partial charge in [-0.25, -0.2) is 9.78 Å².